The number of benzene rings is 2. The quantitative estimate of drug-likeness (QED) is 0.550. The Labute approximate surface area is 159 Å². The van der Waals surface area contributed by atoms with E-state index in [4.69, 9.17) is 10.5 Å². The van der Waals surface area contributed by atoms with Gasteiger partial charge in [0.1, 0.15) is 11.9 Å². The number of non-ortho nitro benzene ring substituents is 1. The lowest BCUT2D eigenvalue weighted by molar-refractivity contribution is -0.384. The molecule has 0 bridgehead atoms. The SMILES string of the molecule is N#CC1=C(N)OC2NNC(c3cccc([N+](=O)[O-])c3)C2C1c1ccccc1F. The standard InChI is InChI=1S/C19H16FN5O3/c20-14-7-2-1-6-12(14)15-13(9-21)18(22)28-19-16(15)17(23-24-19)10-4-3-5-11(8-10)25(26)27/h1-8,15-17,19,23-24H,22H2. The highest BCUT2D eigenvalue weighted by Gasteiger charge is 2.50. The summed E-state index contributed by atoms with van der Waals surface area (Å²) >= 11 is 0. The molecule has 142 valence electrons. The fourth-order valence-electron chi connectivity index (χ4n) is 3.91. The highest BCUT2D eigenvalue weighted by molar-refractivity contribution is 5.44. The molecule has 0 radical (unpaired) electrons. The number of nitro benzene ring substituents is 1. The first-order valence-electron chi connectivity index (χ1n) is 8.57. The van der Waals surface area contributed by atoms with Crippen molar-refractivity contribution in [1.29, 1.82) is 5.26 Å². The van der Waals surface area contributed by atoms with Crippen LogP contribution in [0.5, 0.6) is 0 Å². The predicted octanol–water partition coefficient (Wildman–Crippen LogP) is 2.33. The molecule has 2 aliphatic heterocycles. The summed E-state index contributed by atoms with van der Waals surface area (Å²) in [7, 11) is 0. The van der Waals surface area contributed by atoms with E-state index in [0.29, 0.717) is 11.1 Å². The number of fused-ring (bicyclic) bond motifs is 1. The molecule has 4 atom stereocenters. The van der Waals surface area contributed by atoms with Crippen LogP contribution in [-0.4, -0.2) is 11.2 Å². The van der Waals surface area contributed by atoms with Gasteiger partial charge in [0.05, 0.1) is 16.5 Å². The van der Waals surface area contributed by atoms with Gasteiger partial charge in [-0.25, -0.2) is 15.2 Å². The minimum Gasteiger partial charge on any atom is -0.458 e. The number of hydrogen-bond acceptors (Lipinski definition) is 7. The summed E-state index contributed by atoms with van der Waals surface area (Å²) < 4.78 is 20.3. The van der Waals surface area contributed by atoms with Gasteiger partial charge < -0.3 is 10.5 Å². The Bertz CT molecular complexity index is 1020. The number of nitrogens with one attached hydrogen (secondary N) is 2. The first-order chi connectivity index (χ1) is 13.5. The fourth-order valence-corrected chi connectivity index (χ4v) is 3.91. The zero-order chi connectivity index (χ0) is 19.8. The van der Waals surface area contributed by atoms with Crippen molar-refractivity contribution < 1.29 is 14.1 Å². The summed E-state index contributed by atoms with van der Waals surface area (Å²) in [6.45, 7) is 0. The molecule has 0 aromatic heterocycles. The fraction of sp³-hybridized carbons (Fsp3) is 0.211. The number of nitrogens with zero attached hydrogens (tertiary/aromatic N) is 2. The molecule has 0 spiro atoms. The Morgan fingerprint density at radius 1 is 1.21 bits per heavy atom. The Hall–Kier alpha value is -3.48. The van der Waals surface area contributed by atoms with E-state index in [1.165, 1.54) is 18.2 Å². The molecule has 0 saturated carbocycles. The summed E-state index contributed by atoms with van der Waals surface area (Å²) in [4.78, 5) is 10.7. The molecule has 9 heteroatoms. The van der Waals surface area contributed by atoms with E-state index in [2.05, 4.69) is 10.9 Å². The van der Waals surface area contributed by atoms with Gasteiger partial charge in [-0.05, 0) is 17.2 Å². The van der Waals surface area contributed by atoms with Gasteiger partial charge in [0, 0.05) is 24.0 Å². The minimum absolute atomic E-state index is 0.0579. The molecule has 0 aliphatic carbocycles. The van der Waals surface area contributed by atoms with E-state index in [1.807, 2.05) is 6.07 Å². The molecule has 0 amide bonds. The first-order valence-corrected chi connectivity index (χ1v) is 8.57. The summed E-state index contributed by atoms with van der Waals surface area (Å²) in [5.74, 6) is -1.66. The summed E-state index contributed by atoms with van der Waals surface area (Å²) in [5.41, 5.74) is 13.0. The Balaban J connectivity index is 1.84. The van der Waals surface area contributed by atoms with Crippen molar-refractivity contribution in [2.45, 2.75) is 18.2 Å². The Kier molecular flexibility index (Phi) is 4.43. The number of nitrogens with two attached hydrogens (primary N) is 1. The van der Waals surface area contributed by atoms with E-state index in [1.54, 1.807) is 30.3 Å². The van der Waals surface area contributed by atoms with Crippen LogP contribution in [0.25, 0.3) is 0 Å². The lowest BCUT2D eigenvalue weighted by Gasteiger charge is -2.36. The van der Waals surface area contributed by atoms with Crippen molar-refractivity contribution in [1.82, 2.24) is 10.9 Å². The van der Waals surface area contributed by atoms with Gasteiger partial charge in [0.25, 0.3) is 5.69 Å². The second kappa shape index (κ2) is 6.92. The van der Waals surface area contributed by atoms with Gasteiger partial charge in [0.2, 0.25) is 5.88 Å². The zero-order valence-corrected chi connectivity index (χ0v) is 14.5. The van der Waals surface area contributed by atoms with Crippen molar-refractivity contribution in [3.05, 3.63) is 87.0 Å². The summed E-state index contributed by atoms with van der Waals surface area (Å²) in [5, 5.41) is 20.8. The lowest BCUT2D eigenvalue weighted by atomic mass is 9.74. The normalized spacial score (nSPS) is 26.3. The van der Waals surface area contributed by atoms with Gasteiger partial charge in [-0.2, -0.15) is 5.26 Å². The molecule has 1 fully saturated rings. The van der Waals surface area contributed by atoms with Crippen LogP contribution in [0, 0.1) is 33.2 Å². The maximum atomic E-state index is 14.6. The molecule has 4 rings (SSSR count). The molecule has 2 aromatic rings. The average Bonchev–Trinajstić information content (AvgIpc) is 3.11. The molecule has 4 unspecified atom stereocenters. The monoisotopic (exact) mass is 381 g/mol. The molecule has 8 nitrogen and oxygen atoms in total. The van der Waals surface area contributed by atoms with Crippen molar-refractivity contribution in [3.63, 3.8) is 0 Å². The third-order valence-electron chi connectivity index (χ3n) is 5.13. The van der Waals surface area contributed by atoms with Gasteiger partial charge in [-0.1, -0.05) is 30.3 Å². The van der Waals surface area contributed by atoms with Crippen molar-refractivity contribution >= 4 is 5.69 Å². The van der Waals surface area contributed by atoms with Crippen LogP contribution in [0.3, 0.4) is 0 Å². The van der Waals surface area contributed by atoms with Crippen LogP contribution in [0.1, 0.15) is 23.1 Å². The molecular weight excluding hydrogens is 365 g/mol. The van der Waals surface area contributed by atoms with Crippen LogP contribution in [-0.2, 0) is 4.74 Å². The van der Waals surface area contributed by atoms with Crippen LogP contribution in [0.15, 0.2) is 60.0 Å². The maximum Gasteiger partial charge on any atom is 0.269 e. The largest absolute Gasteiger partial charge is 0.458 e. The van der Waals surface area contributed by atoms with Crippen LogP contribution in [0.4, 0.5) is 10.1 Å². The van der Waals surface area contributed by atoms with Gasteiger partial charge in [-0.15, -0.1) is 0 Å². The third kappa shape index (κ3) is 2.85. The van der Waals surface area contributed by atoms with Crippen molar-refractivity contribution in [3.8, 4) is 6.07 Å². The summed E-state index contributed by atoms with van der Waals surface area (Å²) in [6.07, 6.45) is -0.633. The number of hydrogen-bond donors (Lipinski definition) is 3. The van der Waals surface area contributed by atoms with Gasteiger partial charge in [-0.3, -0.25) is 10.1 Å². The number of ether oxygens (including phenoxy) is 1. The highest BCUT2D eigenvalue weighted by Crippen LogP contribution is 2.48. The molecule has 2 aromatic carbocycles. The molecule has 4 N–H and O–H groups in total. The van der Waals surface area contributed by atoms with E-state index < -0.39 is 34.8 Å². The number of hydrazine groups is 1. The molecule has 28 heavy (non-hydrogen) atoms. The predicted molar refractivity (Wildman–Crippen MR) is 96.4 cm³/mol. The van der Waals surface area contributed by atoms with Gasteiger partial charge in [0.15, 0.2) is 6.23 Å². The van der Waals surface area contributed by atoms with Crippen molar-refractivity contribution in [2.75, 3.05) is 0 Å². The summed E-state index contributed by atoms with van der Waals surface area (Å²) in [6, 6.07) is 13.9. The van der Waals surface area contributed by atoms with Crippen LogP contribution < -0.4 is 16.6 Å². The van der Waals surface area contributed by atoms with Crippen LogP contribution >= 0.6 is 0 Å². The Morgan fingerprint density at radius 3 is 2.71 bits per heavy atom. The van der Waals surface area contributed by atoms with Crippen LogP contribution in [0.2, 0.25) is 0 Å². The van der Waals surface area contributed by atoms with Gasteiger partial charge >= 0.3 is 0 Å². The number of nitriles is 1. The molecule has 2 heterocycles. The van der Waals surface area contributed by atoms with E-state index in [0.717, 1.165) is 0 Å². The molecule has 2 aliphatic rings. The lowest BCUT2D eigenvalue weighted by Crippen LogP contribution is -2.41. The number of allylic oxidation sites excluding steroid dienone is 1. The second-order valence-electron chi connectivity index (χ2n) is 6.62. The van der Waals surface area contributed by atoms with E-state index in [-0.39, 0.29) is 17.1 Å². The Morgan fingerprint density at radius 2 is 2.00 bits per heavy atom. The highest BCUT2D eigenvalue weighted by atomic mass is 19.1. The maximum absolute atomic E-state index is 14.6. The number of rotatable bonds is 3. The average molecular weight is 381 g/mol. The minimum atomic E-state index is -0.684. The topological polar surface area (TPSA) is 126 Å². The first kappa shape index (κ1) is 17.9. The second-order valence-corrected chi connectivity index (χ2v) is 6.62. The van der Waals surface area contributed by atoms with E-state index >= 15 is 0 Å². The number of nitro groups is 1. The molecular formula is C19H16FN5O3. The van der Waals surface area contributed by atoms with Crippen molar-refractivity contribution in [2.24, 2.45) is 11.7 Å². The zero-order valence-electron chi connectivity index (χ0n) is 14.5. The number of halogens is 1. The smallest absolute Gasteiger partial charge is 0.269 e. The third-order valence-corrected chi connectivity index (χ3v) is 5.13. The van der Waals surface area contributed by atoms with E-state index in [9.17, 15) is 19.8 Å². The molecule has 1 saturated heterocycles.